The first kappa shape index (κ1) is 15.4. The van der Waals surface area contributed by atoms with Gasteiger partial charge in [-0.3, -0.25) is 9.36 Å². The number of aryl methyl sites for hydroxylation is 1. The lowest BCUT2D eigenvalue weighted by Gasteiger charge is -2.06. The largest absolute Gasteiger partial charge is 0.419 e. The Labute approximate surface area is 137 Å². The van der Waals surface area contributed by atoms with Crippen LogP contribution < -0.4 is 11.1 Å². The third kappa shape index (κ3) is 3.63. The fourth-order valence-corrected chi connectivity index (χ4v) is 2.59. The van der Waals surface area contributed by atoms with E-state index in [1.165, 1.54) is 4.57 Å². The molecule has 0 spiro atoms. The lowest BCUT2D eigenvalue weighted by atomic mass is 10.2. The maximum atomic E-state index is 12.0. The molecule has 0 saturated carbocycles. The summed E-state index contributed by atoms with van der Waals surface area (Å²) in [5.74, 6) is -0.587. The minimum Gasteiger partial charge on any atom is -0.408 e. The Morgan fingerprint density at radius 3 is 2.83 bits per heavy atom. The van der Waals surface area contributed by atoms with E-state index < -0.39 is 5.76 Å². The summed E-state index contributed by atoms with van der Waals surface area (Å²) in [7, 11) is 0. The van der Waals surface area contributed by atoms with Gasteiger partial charge in [0.25, 0.3) is 0 Å². The number of benzene rings is 2. The average molecular weight is 331 g/mol. The molecular weight excluding hydrogens is 316 g/mol. The number of carbonyl (C=O) groups excluding carboxylic acids is 1. The van der Waals surface area contributed by atoms with Gasteiger partial charge in [-0.25, -0.2) is 4.79 Å². The van der Waals surface area contributed by atoms with Gasteiger partial charge in [-0.2, -0.15) is 0 Å². The van der Waals surface area contributed by atoms with Crippen LogP contribution in [-0.2, 0) is 17.9 Å². The van der Waals surface area contributed by atoms with Gasteiger partial charge in [0, 0.05) is 24.5 Å². The second-order valence-corrected chi connectivity index (χ2v) is 5.58. The van der Waals surface area contributed by atoms with Crippen LogP contribution in [0.4, 0.5) is 0 Å². The number of amides is 1. The molecule has 0 bridgehead atoms. The molecule has 2 aromatic carbocycles. The Morgan fingerprint density at radius 2 is 2.00 bits per heavy atom. The summed E-state index contributed by atoms with van der Waals surface area (Å²) in [6.45, 7) is 0.678. The third-order valence-electron chi connectivity index (χ3n) is 3.51. The van der Waals surface area contributed by atoms with E-state index in [0.29, 0.717) is 22.7 Å². The van der Waals surface area contributed by atoms with E-state index in [1.54, 1.807) is 30.3 Å². The molecule has 0 aliphatic rings. The normalized spacial score (nSPS) is 10.8. The molecule has 3 aromatic rings. The molecule has 5 nitrogen and oxygen atoms in total. The van der Waals surface area contributed by atoms with Crippen LogP contribution in [0.2, 0.25) is 5.02 Å². The Morgan fingerprint density at radius 1 is 1.17 bits per heavy atom. The zero-order chi connectivity index (χ0) is 16.2. The summed E-state index contributed by atoms with van der Waals surface area (Å²) >= 11 is 5.90. The van der Waals surface area contributed by atoms with E-state index in [9.17, 15) is 9.59 Å². The first-order valence-corrected chi connectivity index (χ1v) is 7.61. The van der Waals surface area contributed by atoms with Crippen molar-refractivity contribution in [2.45, 2.75) is 19.5 Å². The van der Waals surface area contributed by atoms with Crippen LogP contribution in [-0.4, -0.2) is 10.5 Å². The molecule has 0 aliphatic carbocycles. The first-order chi connectivity index (χ1) is 11.1. The van der Waals surface area contributed by atoms with E-state index in [1.807, 2.05) is 18.2 Å². The number of nitrogens with one attached hydrogen (secondary N) is 1. The highest BCUT2D eigenvalue weighted by Gasteiger charge is 2.10. The molecule has 0 radical (unpaired) electrons. The highest BCUT2D eigenvalue weighted by Crippen LogP contribution is 2.12. The molecule has 0 unspecified atom stereocenters. The fraction of sp³-hybridized carbons (Fsp3) is 0.176. The average Bonchev–Trinajstić information content (AvgIpc) is 2.86. The Balaban J connectivity index is 1.60. The summed E-state index contributed by atoms with van der Waals surface area (Å²) in [4.78, 5) is 23.8. The minimum absolute atomic E-state index is 0.137. The quantitative estimate of drug-likeness (QED) is 0.782. The minimum atomic E-state index is -0.450. The van der Waals surface area contributed by atoms with Crippen molar-refractivity contribution < 1.29 is 9.21 Å². The molecule has 0 saturated heterocycles. The lowest BCUT2D eigenvalue weighted by Crippen LogP contribution is -2.25. The maximum absolute atomic E-state index is 12.0. The van der Waals surface area contributed by atoms with Gasteiger partial charge in [0.15, 0.2) is 5.58 Å². The number of hydrogen-bond acceptors (Lipinski definition) is 3. The smallest absolute Gasteiger partial charge is 0.408 e. The second-order valence-electron chi connectivity index (χ2n) is 5.14. The van der Waals surface area contributed by atoms with Crippen molar-refractivity contribution in [3.8, 4) is 0 Å². The van der Waals surface area contributed by atoms with Gasteiger partial charge in [-0.15, -0.1) is 0 Å². The molecule has 23 heavy (non-hydrogen) atoms. The van der Waals surface area contributed by atoms with Crippen molar-refractivity contribution in [2.75, 3.05) is 0 Å². The monoisotopic (exact) mass is 330 g/mol. The number of fused-ring (bicyclic) bond motifs is 1. The van der Waals surface area contributed by atoms with Crippen LogP contribution in [0.3, 0.4) is 0 Å². The van der Waals surface area contributed by atoms with E-state index in [0.717, 1.165) is 5.56 Å². The van der Waals surface area contributed by atoms with E-state index >= 15 is 0 Å². The van der Waals surface area contributed by atoms with Crippen LogP contribution in [0.25, 0.3) is 11.1 Å². The lowest BCUT2D eigenvalue weighted by molar-refractivity contribution is -0.121. The van der Waals surface area contributed by atoms with Crippen molar-refractivity contribution in [1.29, 1.82) is 0 Å². The van der Waals surface area contributed by atoms with Crippen LogP contribution in [0.1, 0.15) is 12.0 Å². The highest BCUT2D eigenvalue weighted by atomic mass is 35.5. The van der Waals surface area contributed by atoms with Gasteiger partial charge in [0.1, 0.15) is 0 Å². The molecule has 118 valence electrons. The summed E-state index contributed by atoms with van der Waals surface area (Å²) in [5, 5.41) is 3.45. The first-order valence-electron chi connectivity index (χ1n) is 7.23. The molecule has 1 aromatic heterocycles. The van der Waals surface area contributed by atoms with Gasteiger partial charge in [0.2, 0.25) is 5.91 Å². The van der Waals surface area contributed by atoms with E-state index in [2.05, 4.69) is 5.32 Å². The molecule has 1 N–H and O–H groups in total. The van der Waals surface area contributed by atoms with Gasteiger partial charge in [-0.1, -0.05) is 35.9 Å². The number of nitrogens with zero attached hydrogens (tertiary/aromatic N) is 1. The van der Waals surface area contributed by atoms with Crippen LogP contribution in [0, 0.1) is 0 Å². The van der Waals surface area contributed by atoms with E-state index in [-0.39, 0.29) is 18.9 Å². The SMILES string of the molecule is O=C(CCn1c(=O)oc2ccccc21)NCc1cccc(Cl)c1. The number of rotatable bonds is 5. The van der Waals surface area contributed by atoms with Crippen molar-refractivity contribution in [3.05, 3.63) is 69.7 Å². The van der Waals surface area contributed by atoms with Crippen molar-refractivity contribution >= 4 is 28.6 Å². The summed E-state index contributed by atoms with van der Waals surface area (Å²) in [6, 6.07) is 14.5. The predicted molar refractivity (Wildman–Crippen MR) is 88.4 cm³/mol. The molecule has 0 aliphatic heterocycles. The molecule has 0 atom stereocenters. The van der Waals surface area contributed by atoms with Crippen molar-refractivity contribution in [3.63, 3.8) is 0 Å². The standard InChI is InChI=1S/C17H15ClN2O3/c18-13-5-3-4-12(10-13)11-19-16(21)8-9-20-14-6-1-2-7-15(14)23-17(20)22/h1-7,10H,8-9,11H2,(H,19,21). The number of para-hydroxylation sites is 2. The molecule has 1 amide bonds. The number of carbonyl (C=O) groups is 1. The Bertz CT molecular complexity index is 898. The molecule has 3 rings (SSSR count). The van der Waals surface area contributed by atoms with Gasteiger partial charge in [-0.05, 0) is 29.8 Å². The molecule has 6 heteroatoms. The Hall–Kier alpha value is -2.53. The van der Waals surface area contributed by atoms with Crippen molar-refractivity contribution in [2.24, 2.45) is 0 Å². The topological polar surface area (TPSA) is 64.2 Å². The summed E-state index contributed by atoms with van der Waals surface area (Å²) < 4.78 is 6.60. The number of aromatic nitrogens is 1. The zero-order valence-corrected chi connectivity index (χ0v) is 13.0. The Kier molecular flexibility index (Phi) is 4.48. The van der Waals surface area contributed by atoms with Gasteiger partial charge >= 0.3 is 5.76 Å². The third-order valence-corrected chi connectivity index (χ3v) is 3.75. The van der Waals surface area contributed by atoms with Crippen molar-refractivity contribution in [1.82, 2.24) is 9.88 Å². The predicted octanol–water partition coefficient (Wildman–Crippen LogP) is 2.95. The summed E-state index contributed by atoms with van der Waals surface area (Å²) in [5.41, 5.74) is 2.15. The molecular formula is C17H15ClN2O3. The number of oxazole rings is 1. The fourth-order valence-electron chi connectivity index (χ4n) is 2.38. The number of hydrogen-bond donors (Lipinski definition) is 1. The van der Waals surface area contributed by atoms with Crippen LogP contribution >= 0.6 is 11.6 Å². The van der Waals surface area contributed by atoms with Crippen LogP contribution in [0.15, 0.2) is 57.7 Å². The highest BCUT2D eigenvalue weighted by molar-refractivity contribution is 6.30. The van der Waals surface area contributed by atoms with E-state index in [4.69, 9.17) is 16.0 Å². The van der Waals surface area contributed by atoms with Crippen LogP contribution in [0.5, 0.6) is 0 Å². The molecule has 1 heterocycles. The summed E-state index contributed by atoms with van der Waals surface area (Å²) in [6.07, 6.45) is 0.198. The van der Waals surface area contributed by atoms with Gasteiger partial charge in [0.05, 0.1) is 5.52 Å². The zero-order valence-electron chi connectivity index (χ0n) is 12.3. The maximum Gasteiger partial charge on any atom is 0.419 e. The van der Waals surface area contributed by atoms with Gasteiger partial charge < -0.3 is 9.73 Å². The number of halogens is 1. The second kappa shape index (κ2) is 6.71. The molecule has 0 fully saturated rings.